The van der Waals surface area contributed by atoms with Gasteiger partial charge < -0.3 is 20.6 Å². The van der Waals surface area contributed by atoms with Gasteiger partial charge in [-0.1, -0.05) is 36.4 Å². The first-order valence-corrected chi connectivity index (χ1v) is 8.71. The Kier molecular flexibility index (Phi) is 5.71. The first-order valence-electron chi connectivity index (χ1n) is 8.71. The Bertz CT molecular complexity index is 849. The molecular weight excluding hydrogens is 346 g/mol. The number of amides is 3. The van der Waals surface area contributed by atoms with E-state index in [2.05, 4.69) is 16.7 Å². The van der Waals surface area contributed by atoms with Gasteiger partial charge in [0, 0.05) is 19.6 Å². The minimum atomic E-state index is -0.994. The summed E-state index contributed by atoms with van der Waals surface area (Å²) in [5.74, 6) is -1.11. The summed E-state index contributed by atoms with van der Waals surface area (Å²) < 4.78 is 0. The number of rotatable bonds is 5. The Hall–Kier alpha value is -3.35. The minimum Gasteiger partial charge on any atom is -0.478 e. The average Bonchev–Trinajstić information content (AvgIpc) is 2.70. The molecule has 140 valence electrons. The van der Waals surface area contributed by atoms with Crippen molar-refractivity contribution in [3.8, 4) is 0 Å². The predicted molar refractivity (Wildman–Crippen MR) is 99.2 cm³/mol. The molecule has 0 radical (unpaired) electrons. The molecular formula is C20H21N3O4. The Morgan fingerprint density at radius 2 is 1.67 bits per heavy atom. The molecule has 3 amide bonds. The van der Waals surface area contributed by atoms with E-state index >= 15 is 0 Å². The SMILES string of the molecule is O=C(NCC(=O)N1CCc2ccccc2C1)NCc1ccc(C(=O)O)cc1. The van der Waals surface area contributed by atoms with E-state index in [4.69, 9.17) is 5.11 Å². The van der Waals surface area contributed by atoms with E-state index in [1.165, 1.54) is 17.7 Å². The lowest BCUT2D eigenvalue weighted by Crippen LogP contribution is -2.45. The lowest BCUT2D eigenvalue weighted by Gasteiger charge is -2.29. The molecule has 0 atom stereocenters. The molecule has 0 aromatic heterocycles. The second-order valence-corrected chi connectivity index (χ2v) is 6.37. The second-order valence-electron chi connectivity index (χ2n) is 6.37. The van der Waals surface area contributed by atoms with Gasteiger partial charge in [0.05, 0.1) is 12.1 Å². The number of urea groups is 1. The second kappa shape index (κ2) is 8.35. The summed E-state index contributed by atoms with van der Waals surface area (Å²) in [5, 5.41) is 14.1. The van der Waals surface area contributed by atoms with E-state index in [1.807, 2.05) is 18.2 Å². The molecule has 0 bridgehead atoms. The van der Waals surface area contributed by atoms with Crippen LogP contribution in [-0.2, 0) is 24.3 Å². The number of carbonyl (C=O) groups is 3. The van der Waals surface area contributed by atoms with E-state index < -0.39 is 12.0 Å². The number of fused-ring (bicyclic) bond motifs is 1. The van der Waals surface area contributed by atoms with Crippen LogP contribution in [0.25, 0.3) is 0 Å². The van der Waals surface area contributed by atoms with Gasteiger partial charge in [0.1, 0.15) is 0 Å². The highest BCUT2D eigenvalue weighted by Crippen LogP contribution is 2.18. The number of carbonyl (C=O) groups excluding carboxylic acids is 2. The Labute approximate surface area is 157 Å². The van der Waals surface area contributed by atoms with Gasteiger partial charge in [-0.25, -0.2) is 9.59 Å². The van der Waals surface area contributed by atoms with Crippen LogP contribution in [0.15, 0.2) is 48.5 Å². The molecule has 3 N–H and O–H groups in total. The van der Waals surface area contributed by atoms with Gasteiger partial charge >= 0.3 is 12.0 Å². The topological polar surface area (TPSA) is 98.7 Å². The monoisotopic (exact) mass is 367 g/mol. The van der Waals surface area contributed by atoms with Gasteiger partial charge in [0.25, 0.3) is 0 Å². The molecule has 0 saturated carbocycles. The summed E-state index contributed by atoms with van der Waals surface area (Å²) >= 11 is 0. The van der Waals surface area contributed by atoms with Crippen LogP contribution in [0.2, 0.25) is 0 Å². The molecule has 0 spiro atoms. The van der Waals surface area contributed by atoms with Crippen LogP contribution >= 0.6 is 0 Å². The van der Waals surface area contributed by atoms with E-state index in [0.717, 1.165) is 17.5 Å². The number of benzene rings is 2. The summed E-state index contributed by atoms with van der Waals surface area (Å²) in [6.45, 7) is 1.40. The third-order valence-corrected chi connectivity index (χ3v) is 4.54. The quantitative estimate of drug-likeness (QED) is 0.750. The zero-order valence-electron chi connectivity index (χ0n) is 14.8. The number of nitrogens with zero attached hydrogens (tertiary/aromatic N) is 1. The smallest absolute Gasteiger partial charge is 0.335 e. The van der Waals surface area contributed by atoms with Crippen molar-refractivity contribution in [1.82, 2.24) is 15.5 Å². The number of carboxylic acid groups (broad SMARTS) is 1. The molecule has 1 aliphatic heterocycles. The molecule has 0 fully saturated rings. The van der Waals surface area contributed by atoms with Crippen molar-refractivity contribution in [2.24, 2.45) is 0 Å². The van der Waals surface area contributed by atoms with Gasteiger partial charge in [-0.3, -0.25) is 4.79 Å². The summed E-state index contributed by atoms with van der Waals surface area (Å²) in [6, 6.07) is 13.8. The molecule has 2 aromatic rings. The van der Waals surface area contributed by atoms with Crippen molar-refractivity contribution >= 4 is 17.9 Å². The van der Waals surface area contributed by atoms with Crippen LogP contribution in [0.3, 0.4) is 0 Å². The van der Waals surface area contributed by atoms with Crippen molar-refractivity contribution in [2.45, 2.75) is 19.5 Å². The highest BCUT2D eigenvalue weighted by atomic mass is 16.4. The molecule has 0 unspecified atom stereocenters. The van der Waals surface area contributed by atoms with Gasteiger partial charge in [0.15, 0.2) is 0 Å². The highest BCUT2D eigenvalue weighted by molar-refractivity contribution is 5.87. The molecule has 7 heteroatoms. The fourth-order valence-corrected chi connectivity index (χ4v) is 2.99. The number of hydrogen-bond donors (Lipinski definition) is 3. The van der Waals surface area contributed by atoms with Crippen LogP contribution in [0, 0.1) is 0 Å². The van der Waals surface area contributed by atoms with E-state index in [1.54, 1.807) is 17.0 Å². The standard InChI is InChI=1S/C20H21N3O4/c24-18(23-10-9-15-3-1-2-4-17(15)13-23)12-22-20(27)21-11-14-5-7-16(8-6-14)19(25)26/h1-8H,9-13H2,(H,25,26)(H2,21,22,27). The number of nitrogens with one attached hydrogen (secondary N) is 2. The zero-order valence-corrected chi connectivity index (χ0v) is 14.8. The van der Waals surface area contributed by atoms with E-state index in [9.17, 15) is 14.4 Å². The maximum atomic E-state index is 12.3. The molecule has 1 heterocycles. The number of hydrogen-bond acceptors (Lipinski definition) is 3. The lowest BCUT2D eigenvalue weighted by molar-refractivity contribution is -0.131. The van der Waals surface area contributed by atoms with Crippen molar-refractivity contribution in [1.29, 1.82) is 0 Å². The van der Waals surface area contributed by atoms with Gasteiger partial charge in [-0.05, 0) is 35.2 Å². The van der Waals surface area contributed by atoms with Crippen LogP contribution in [-0.4, -0.2) is 41.0 Å². The third-order valence-electron chi connectivity index (χ3n) is 4.54. The largest absolute Gasteiger partial charge is 0.478 e. The molecule has 2 aromatic carbocycles. The molecule has 1 aliphatic rings. The lowest BCUT2D eigenvalue weighted by atomic mass is 10.00. The van der Waals surface area contributed by atoms with Crippen molar-refractivity contribution in [3.63, 3.8) is 0 Å². The van der Waals surface area contributed by atoms with Gasteiger partial charge in [0.2, 0.25) is 5.91 Å². The van der Waals surface area contributed by atoms with E-state index in [-0.39, 0.29) is 24.6 Å². The van der Waals surface area contributed by atoms with Crippen molar-refractivity contribution in [3.05, 3.63) is 70.8 Å². The Balaban J connectivity index is 1.42. The molecule has 7 nitrogen and oxygen atoms in total. The summed E-state index contributed by atoms with van der Waals surface area (Å²) in [4.78, 5) is 36.8. The van der Waals surface area contributed by atoms with Crippen LogP contribution in [0.1, 0.15) is 27.0 Å². The van der Waals surface area contributed by atoms with Crippen LogP contribution < -0.4 is 10.6 Å². The van der Waals surface area contributed by atoms with Crippen LogP contribution in [0.5, 0.6) is 0 Å². The zero-order chi connectivity index (χ0) is 19.2. The van der Waals surface area contributed by atoms with E-state index in [0.29, 0.717) is 13.1 Å². The first-order chi connectivity index (χ1) is 13.0. The first kappa shape index (κ1) is 18.4. The van der Waals surface area contributed by atoms with Crippen molar-refractivity contribution in [2.75, 3.05) is 13.1 Å². The normalized spacial score (nSPS) is 12.8. The molecule has 3 rings (SSSR count). The summed E-state index contributed by atoms with van der Waals surface area (Å²) in [6.07, 6.45) is 0.820. The van der Waals surface area contributed by atoms with Crippen LogP contribution in [0.4, 0.5) is 4.79 Å². The summed E-state index contributed by atoms with van der Waals surface area (Å²) in [7, 11) is 0. The number of aromatic carboxylic acids is 1. The van der Waals surface area contributed by atoms with Gasteiger partial charge in [-0.15, -0.1) is 0 Å². The Morgan fingerprint density at radius 3 is 2.37 bits per heavy atom. The van der Waals surface area contributed by atoms with Gasteiger partial charge in [-0.2, -0.15) is 0 Å². The highest BCUT2D eigenvalue weighted by Gasteiger charge is 2.20. The maximum Gasteiger partial charge on any atom is 0.335 e. The molecule has 0 aliphatic carbocycles. The average molecular weight is 367 g/mol. The molecule has 0 saturated heterocycles. The molecule has 27 heavy (non-hydrogen) atoms. The minimum absolute atomic E-state index is 0.0635. The fraction of sp³-hybridized carbons (Fsp3) is 0.250. The number of carboxylic acids is 1. The fourth-order valence-electron chi connectivity index (χ4n) is 2.99. The predicted octanol–water partition coefficient (Wildman–Crippen LogP) is 1.77. The summed E-state index contributed by atoms with van der Waals surface area (Å²) in [5.41, 5.74) is 3.37. The third kappa shape index (κ3) is 4.84. The van der Waals surface area contributed by atoms with Crippen molar-refractivity contribution < 1.29 is 19.5 Å². The Morgan fingerprint density at radius 1 is 0.963 bits per heavy atom. The maximum absolute atomic E-state index is 12.3.